The number of rotatable bonds is 17. The number of likely N-dealkylation sites (N-methyl/N-ethyl adjacent to an activating group) is 1. The minimum absolute atomic E-state index is 0.0556. The molecule has 0 radical (unpaired) electrons. The smallest absolute Gasteiger partial charge is 0.271 e. The quantitative estimate of drug-likeness (QED) is 0.0845. The van der Waals surface area contributed by atoms with Gasteiger partial charge in [0.1, 0.15) is 11.7 Å². The van der Waals surface area contributed by atoms with E-state index in [0.717, 1.165) is 31.6 Å². The number of nitrogens with one attached hydrogen (secondary N) is 4. The molecule has 0 bridgehead atoms. The van der Waals surface area contributed by atoms with Crippen LogP contribution in [0.25, 0.3) is 0 Å². The van der Waals surface area contributed by atoms with Gasteiger partial charge in [0, 0.05) is 44.0 Å². The molecule has 2 aliphatic carbocycles. The molecule has 0 saturated heterocycles. The number of hydrogen-bond donors (Lipinski definition) is 6. The summed E-state index contributed by atoms with van der Waals surface area (Å²) in [5, 5.41) is 27.6. The molecule has 3 rings (SSSR count). The van der Waals surface area contributed by atoms with Gasteiger partial charge in [0.25, 0.3) is 5.91 Å². The first kappa shape index (κ1) is 62.5. The standard InChI is InChI=1S/C22H37N5O3.C7H14.C6H11NO.C5H13NO2.3C2H6/c1-7-9-16(3)10-13-27(8-2)21(30)19(22(4,5)6)26-18(28)15-25-20(29)17-14-23-11-12-24-17;1-7-5-3-2-4-6-7;1-2-6(8)7-5-3-4-5;1-2-5(3-7)6-4-8;3*1-2/h11-12,14,16,19H,7-10,13,15H2,1-6H3,(H,25,29)(H,26,28);7H,2-6H2,1H3;5H,2-4H2,1H3,(H,7,8);5-8H,2-4H2,1H3;3*1-2H3/t16-,19?;;;;;;/m0....../s1. The van der Waals surface area contributed by atoms with Crippen molar-refractivity contribution in [1.82, 2.24) is 36.1 Å². The molecule has 0 spiro atoms. The van der Waals surface area contributed by atoms with Crippen LogP contribution in [0.1, 0.15) is 191 Å². The fourth-order valence-electron chi connectivity index (χ4n) is 5.48. The van der Waals surface area contributed by atoms with E-state index in [2.05, 4.69) is 52.0 Å². The van der Waals surface area contributed by atoms with Crippen LogP contribution in [0, 0.1) is 17.3 Å². The van der Waals surface area contributed by atoms with Gasteiger partial charge in [0.05, 0.1) is 26.1 Å². The maximum absolute atomic E-state index is 13.2. The van der Waals surface area contributed by atoms with E-state index in [4.69, 9.17) is 10.2 Å². The van der Waals surface area contributed by atoms with Crippen molar-refractivity contribution in [2.75, 3.05) is 33.0 Å². The van der Waals surface area contributed by atoms with E-state index in [1.807, 2.05) is 83.1 Å². The lowest BCUT2D eigenvalue weighted by Gasteiger charge is -2.35. The molecule has 13 nitrogen and oxygen atoms in total. The van der Waals surface area contributed by atoms with E-state index in [0.29, 0.717) is 31.5 Å². The highest BCUT2D eigenvalue weighted by molar-refractivity contribution is 5.95. The molecule has 348 valence electrons. The third-order valence-electron chi connectivity index (χ3n) is 9.24. The Hall–Kier alpha value is -3.16. The lowest BCUT2D eigenvalue weighted by atomic mass is 9.85. The van der Waals surface area contributed by atoms with Crippen LogP contribution in [0.3, 0.4) is 0 Å². The summed E-state index contributed by atoms with van der Waals surface area (Å²) in [6, 6.07) is -0.0951. The first-order valence-corrected chi connectivity index (χ1v) is 23.0. The van der Waals surface area contributed by atoms with Crippen molar-refractivity contribution in [2.45, 2.75) is 199 Å². The van der Waals surface area contributed by atoms with E-state index in [1.54, 1.807) is 4.90 Å². The molecule has 2 saturated carbocycles. The zero-order chi connectivity index (χ0) is 46.2. The van der Waals surface area contributed by atoms with Crippen molar-refractivity contribution in [3.05, 3.63) is 24.3 Å². The molecule has 2 unspecified atom stereocenters. The Labute approximate surface area is 361 Å². The molecular formula is C46H93N7O6. The van der Waals surface area contributed by atoms with Crippen LogP contribution in [0.15, 0.2) is 18.6 Å². The Balaban J connectivity index is -0.000000417. The van der Waals surface area contributed by atoms with Crippen LogP contribution in [0.5, 0.6) is 0 Å². The first-order valence-electron chi connectivity index (χ1n) is 23.0. The number of aromatic nitrogens is 2. The fourth-order valence-corrected chi connectivity index (χ4v) is 5.48. The number of amides is 4. The highest BCUT2D eigenvalue weighted by Gasteiger charge is 2.35. The zero-order valence-electron chi connectivity index (χ0n) is 40.5. The molecule has 1 aromatic rings. The topological polar surface area (TPSA) is 186 Å². The number of aliphatic hydroxyl groups excluding tert-OH is 2. The van der Waals surface area contributed by atoms with E-state index < -0.39 is 23.3 Å². The van der Waals surface area contributed by atoms with Gasteiger partial charge in [-0.25, -0.2) is 4.98 Å². The Morgan fingerprint density at radius 3 is 1.83 bits per heavy atom. The first-order chi connectivity index (χ1) is 28.2. The number of nitrogens with zero attached hydrogens (tertiary/aromatic N) is 3. The largest absolute Gasteiger partial charge is 0.395 e. The average molecular weight is 840 g/mol. The van der Waals surface area contributed by atoms with Crippen LogP contribution in [0.4, 0.5) is 0 Å². The molecule has 0 aromatic carbocycles. The second kappa shape index (κ2) is 41.6. The van der Waals surface area contributed by atoms with Crippen molar-refractivity contribution >= 4 is 23.6 Å². The number of carbonyl (C=O) groups is 4. The maximum atomic E-state index is 13.2. The molecule has 2 aliphatic rings. The van der Waals surface area contributed by atoms with Crippen molar-refractivity contribution in [3.8, 4) is 0 Å². The van der Waals surface area contributed by atoms with E-state index in [1.165, 1.54) is 63.5 Å². The monoisotopic (exact) mass is 840 g/mol. The summed E-state index contributed by atoms with van der Waals surface area (Å²) >= 11 is 0. The van der Waals surface area contributed by atoms with Gasteiger partial charge in [-0.3, -0.25) is 29.5 Å². The van der Waals surface area contributed by atoms with Gasteiger partial charge in [0.15, 0.2) is 0 Å². The second-order valence-corrected chi connectivity index (χ2v) is 15.3. The third kappa shape index (κ3) is 35.3. The summed E-state index contributed by atoms with van der Waals surface area (Å²) in [6.07, 6.45) is 18.7. The number of aliphatic hydroxyl groups is 2. The van der Waals surface area contributed by atoms with Gasteiger partial charge in [-0.15, -0.1) is 0 Å². The second-order valence-electron chi connectivity index (χ2n) is 15.3. The summed E-state index contributed by atoms with van der Waals surface area (Å²) in [5.41, 5.74) is -0.337. The van der Waals surface area contributed by atoms with Gasteiger partial charge in [-0.1, -0.05) is 142 Å². The van der Waals surface area contributed by atoms with Gasteiger partial charge in [-0.05, 0) is 49.9 Å². The number of hydrogen-bond acceptors (Lipinski definition) is 9. The molecule has 1 aromatic heterocycles. The van der Waals surface area contributed by atoms with Crippen molar-refractivity contribution < 1.29 is 29.4 Å². The molecule has 2 fully saturated rings. The van der Waals surface area contributed by atoms with Crippen molar-refractivity contribution in [2.24, 2.45) is 17.3 Å². The maximum Gasteiger partial charge on any atom is 0.271 e. The summed E-state index contributed by atoms with van der Waals surface area (Å²) in [7, 11) is 0. The molecule has 59 heavy (non-hydrogen) atoms. The Morgan fingerprint density at radius 2 is 1.46 bits per heavy atom. The van der Waals surface area contributed by atoms with Gasteiger partial charge in [-0.2, -0.15) is 0 Å². The predicted octanol–water partition coefficient (Wildman–Crippen LogP) is 8.05. The normalized spacial score (nSPS) is 14.4. The minimum atomic E-state index is -0.681. The summed E-state index contributed by atoms with van der Waals surface area (Å²) in [6.45, 7) is 31.3. The van der Waals surface area contributed by atoms with E-state index >= 15 is 0 Å². The predicted molar refractivity (Wildman–Crippen MR) is 246 cm³/mol. The van der Waals surface area contributed by atoms with Crippen LogP contribution in [0.2, 0.25) is 0 Å². The van der Waals surface area contributed by atoms with Gasteiger partial charge >= 0.3 is 0 Å². The van der Waals surface area contributed by atoms with Crippen molar-refractivity contribution in [3.63, 3.8) is 0 Å². The zero-order valence-corrected chi connectivity index (χ0v) is 40.5. The van der Waals surface area contributed by atoms with Crippen molar-refractivity contribution in [1.29, 1.82) is 0 Å². The molecular weight excluding hydrogens is 747 g/mol. The highest BCUT2D eigenvalue weighted by atomic mass is 16.3. The molecule has 0 aliphatic heterocycles. The van der Waals surface area contributed by atoms with Crippen LogP contribution in [-0.2, 0) is 14.4 Å². The molecule has 6 N–H and O–H groups in total. The highest BCUT2D eigenvalue weighted by Crippen LogP contribution is 2.23. The Morgan fingerprint density at radius 1 is 0.864 bits per heavy atom. The Kier molecular flexibility index (Phi) is 44.0. The van der Waals surface area contributed by atoms with Gasteiger partial charge in [0.2, 0.25) is 17.7 Å². The lowest BCUT2D eigenvalue weighted by Crippen LogP contribution is -2.56. The van der Waals surface area contributed by atoms with E-state index in [-0.39, 0.29) is 43.4 Å². The SMILES string of the molecule is CC.CC.CC.CC1CCCCC1.CCC(=O)NC1CC1.CCC(CO)NCO.CCC[C@H](C)CCN(CC)C(=O)C(NC(=O)CNC(=O)c1cnccn1)C(C)(C)C. The third-order valence-corrected chi connectivity index (χ3v) is 9.24. The fraction of sp³-hybridized carbons (Fsp3) is 0.826. The van der Waals surface area contributed by atoms with Gasteiger partial charge < -0.3 is 31.1 Å². The minimum Gasteiger partial charge on any atom is -0.395 e. The molecule has 13 heteroatoms. The molecule has 1 heterocycles. The van der Waals surface area contributed by atoms with Crippen LogP contribution < -0.4 is 21.3 Å². The molecule has 3 atom stereocenters. The average Bonchev–Trinajstić information content (AvgIpc) is 4.08. The van der Waals surface area contributed by atoms with Crippen LogP contribution >= 0.6 is 0 Å². The summed E-state index contributed by atoms with van der Waals surface area (Å²) < 4.78 is 0. The molecule has 4 amide bonds. The van der Waals surface area contributed by atoms with Crippen LogP contribution in [-0.4, -0.2) is 99.8 Å². The van der Waals surface area contributed by atoms with E-state index in [9.17, 15) is 19.2 Å². The Bertz CT molecular complexity index is 1120. The number of carbonyl (C=O) groups excluding carboxylic acids is 4. The lowest BCUT2D eigenvalue weighted by molar-refractivity contribution is -0.139. The summed E-state index contributed by atoms with van der Waals surface area (Å²) in [4.78, 5) is 57.8. The summed E-state index contributed by atoms with van der Waals surface area (Å²) in [5.74, 6) is 0.771.